The van der Waals surface area contributed by atoms with Crippen LogP contribution in [0.15, 0.2) is 12.2 Å². The minimum absolute atomic E-state index is 0.0509. The monoisotopic (exact) mass is 243 g/mol. The number of esters is 1. The molecule has 1 fully saturated rings. The van der Waals surface area contributed by atoms with Gasteiger partial charge in [0, 0.05) is 39.4 Å². The summed E-state index contributed by atoms with van der Waals surface area (Å²) in [4.78, 5) is 13.5. The first-order valence-electron chi connectivity index (χ1n) is 5.75. The molecule has 0 N–H and O–H groups in total. The van der Waals surface area contributed by atoms with E-state index in [-0.39, 0.29) is 18.2 Å². The summed E-state index contributed by atoms with van der Waals surface area (Å²) < 4.78 is 15.5. The van der Waals surface area contributed by atoms with E-state index in [4.69, 9.17) is 14.2 Å². The van der Waals surface area contributed by atoms with Crippen molar-refractivity contribution in [2.45, 2.75) is 19.1 Å². The average Bonchev–Trinajstić information content (AvgIpc) is 2.71. The van der Waals surface area contributed by atoms with Gasteiger partial charge in [0.25, 0.3) is 0 Å². The van der Waals surface area contributed by atoms with E-state index >= 15 is 0 Å². The van der Waals surface area contributed by atoms with Crippen molar-refractivity contribution in [2.75, 3.05) is 40.5 Å². The van der Waals surface area contributed by atoms with Crippen LogP contribution >= 0.6 is 0 Å². The lowest BCUT2D eigenvalue weighted by molar-refractivity contribution is -0.138. The van der Waals surface area contributed by atoms with Gasteiger partial charge in [-0.3, -0.25) is 4.90 Å². The van der Waals surface area contributed by atoms with Crippen LogP contribution in [0.1, 0.15) is 6.92 Å². The topological polar surface area (TPSA) is 48.0 Å². The smallest absolute Gasteiger partial charge is 0.334 e. The lowest BCUT2D eigenvalue weighted by Gasteiger charge is -2.15. The molecule has 2 unspecified atom stereocenters. The first-order valence-corrected chi connectivity index (χ1v) is 5.75. The van der Waals surface area contributed by atoms with Gasteiger partial charge in [-0.2, -0.15) is 0 Å². The molecule has 1 saturated heterocycles. The fourth-order valence-corrected chi connectivity index (χ4v) is 1.97. The second-order valence-corrected chi connectivity index (χ2v) is 4.07. The lowest BCUT2D eigenvalue weighted by Crippen LogP contribution is -2.27. The Hall–Kier alpha value is -0.910. The molecule has 1 heterocycles. The highest BCUT2D eigenvalue weighted by atomic mass is 16.5. The standard InChI is InChI=1S/C12H21NO4/c1-5-17-12(14)9(2)6-13-7-10(15-3)11(8-13)16-4/h10-11H,2,5-8H2,1,3-4H3. The van der Waals surface area contributed by atoms with Crippen LogP contribution in [0.2, 0.25) is 0 Å². The van der Waals surface area contributed by atoms with E-state index in [0.29, 0.717) is 18.7 Å². The maximum atomic E-state index is 11.4. The zero-order valence-electron chi connectivity index (χ0n) is 10.8. The van der Waals surface area contributed by atoms with Gasteiger partial charge in [-0.25, -0.2) is 4.79 Å². The molecule has 0 saturated carbocycles. The molecule has 0 aromatic rings. The number of rotatable bonds is 6. The highest BCUT2D eigenvalue weighted by Gasteiger charge is 2.33. The Labute approximate surface area is 102 Å². The van der Waals surface area contributed by atoms with Crippen LogP contribution in [0.3, 0.4) is 0 Å². The molecule has 1 aliphatic rings. The summed E-state index contributed by atoms with van der Waals surface area (Å²) in [7, 11) is 3.33. The molecular formula is C12H21NO4. The van der Waals surface area contributed by atoms with Crippen molar-refractivity contribution in [3.8, 4) is 0 Å². The number of likely N-dealkylation sites (tertiary alicyclic amines) is 1. The second kappa shape index (κ2) is 6.74. The Kier molecular flexibility index (Phi) is 5.61. The number of carbonyl (C=O) groups excluding carboxylic acids is 1. The first-order chi connectivity index (χ1) is 8.12. The lowest BCUT2D eigenvalue weighted by atomic mass is 10.3. The zero-order valence-corrected chi connectivity index (χ0v) is 10.8. The molecule has 17 heavy (non-hydrogen) atoms. The average molecular weight is 243 g/mol. The highest BCUT2D eigenvalue weighted by molar-refractivity contribution is 5.88. The summed E-state index contributed by atoms with van der Waals surface area (Å²) in [6.45, 7) is 7.88. The third-order valence-corrected chi connectivity index (χ3v) is 2.88. The molecule has 5 heteroatoms. The summed E-state index contributed by atoms with van der Waals surface area (Å²) in [6, 6.07) is 0. The number of hydrogen-bond donors (Lipinski definition) is 0. The molecule has 0 radical (unpaired) electrons. The molecule has 1 aliphatic heterocycles. The highest BCUT2D eigenvalue weighted by Crippen LogP contribution is 2.16. The third-order valence-electron chi connectivity index (χ3n) is 2.88. The summed E-state index contributed by atoms with van der Waals surface area (Å²) in [6.07, 6.45) is 0.102. The maximum Gasteiger partial charge on any atom is 0.334 e. The Morgan fingerprint density at radius 1 is 1.29 bits per heavy atom. The zero-order chi connectivity index (χ0) is 12.8. The van der Waals surface area contributed by atoms with Gasteiger partial charge in [0.1, 0.15) is 0 Å². The van der Waals surface area contributed by atoms with Gasteiger partial charge in [0.05, 0.1) is 18.8 Å². The van der Waals surface area contributed by atoms with Crippen LogP contribution in [-0.2, 0) is 19.0 Å². The predicted octanol–water partition coefficient (Wildman–Crippen LogP) is 0.451. The van der Waals surface area contributed by atoms with E-state index < -0.39 is 0 Å². The number of hydrogen-bond acceptors (Lipinski definition) is 5. The molecule has 98 valence electrons. The third kappa shape index (κ3) is 3.80. The molecule has 0 aromatic heterocycles. The quantitative estimate of drug-likeness (QED) is 0.501. The fraction of sp³-hybridized carbons (Fsp3) is 0.750. The SMILES string of the molecule is C=C(CN1CC(OC)C(OC)C1)C(=O)OCC. The molecule has 2 atom stereocenters. The Bertz CT molecular complexity index is 268. The van der Waals surface area contributed by atoms with Crippen LogP contribution in [0, 0.1) is 0 Å². The van der Waals surface area contributed by atoms with E-state index in [1.165, 1.54) is 0 Å². The summed E-state index contributed by atoms with van der Waals surface area (Å²) in [5.74, 6) is -0.331. The van der Waals surface area contributed by atoms with Crippen molar-refractivity contribution in [1.82, 2.24) is 4.90 Å². The Balaban J connectivity index is 2.43. The normalized spacial score (nSPS) is 24.9. The van der Waals surface area contributed by atoms with E-state index in [1.807, 2.05) is 0 Å². The van der Waals surface area contributed by atoms with Gasteiger partial charge < -0.3 is 14.2 Å². The number of carbonyl (C=O) groups is 1. The fourth-order valence-electron chi connectivity index (χ4n) is 1.97. The van der Waals surface area contributed by atoms with E-state index in [2.05, 4.69) is 11.5 Å². The van der Waals surface area contributed by atoms with Crippen molar-refractivity contribution in [3.63, 3.8) is 0 Å². The number of methoxy groups -OCH3 is 2. The first kappa shape index (κ1) is 14.2. The summed E-state index contributed by atoms with van der Waals surface area (Å²) >= 11 is 0. The predicted molar refractivity (Wildman–Crippen MR) is 63.8 cm³/mol. The van der Waals surface area contributed by atoms with Gasteiger partial charge in [-0.15, -0.1) is 0 Å². The van der Waals surface area contributed by atoms with Gasteiger partial charge in [-0.05, 0) is 6.92 Å². The molecule has 0 amide bonds. The largest absolute Gasteiger partial charge is 0.463 e. The van der Waals surface area contributed by atoms with Gasteiger partial charge in [0.15, 0.2) is 0 Å². The van der Waals surface area contributed by atoms with E-state index in [1.54, 1.807) is 21.1 Å². The van der Waals surface area contributed by atoms with E-state index in [9.17, 15) is 4.79 Å². The van der Waals surface area contributed by atoms with Crippen molar-refractivity contribution in [3.05, 3.63) is 12.2 Å². The van der Waals surface area contributed by atoms with Crippen LogP contribution in [0.4, 0.5) is 0 Å². The summed E-state index contributed by atoms with van der Waals surface area (Å²) in [5.41, 5.74) is 0.471. The minimum Gasteiger partial charge on any atom is -0.463 e. The van der Waals surface area contributed by atoms with E-state index in [0.717, 1.165) is 13.1 Å². The van der Waals surface area contributed by atoms with Crippen LogP contribution in [0.5, 0.6) is 0 Å². The molecule has 0 bridgehead atoms. The second-order valence-electron chi connectivity index (χ2n) is 4.07. The molecule has 0 aliphatic carbocycles. The van der Waals surface area contributed by atoms with Crippen LogP contribution < -0.4 is 0 Å². The van der Waals surface area contributed by atoms with Crippen molar-refractivity contribution in [2.24, 2.45) is 0 Å². The van der Waals surface area contributed by atoms with Crippen LogP contribution in [-0.4, -0.2) is 63.5 Å². The number of nitrogens with zero attached hydrogens (tertiary/aromatic N) is 1. The molecule has 0 spiro atoms. The Morgan fingerprint density at radius 3 is 2.24 bits per heavy atom. The summed E-state index contributed by atoms with van der Waals surface area (Å²) in [5, 5.41) is 0. The van der Waals surface area contributed by atoms with Gasteiger partial charge in [0.2, 0.25) is 0 Å². The van der Waals surface area contributed by atoms with Crippen molar-refractivity contribution in [1.29, 1.82) is 0 Å². The molecule has 0 aromatic carbocycles. The van der Waals surface area contributed by atoms with Gasteiger partial charge >= 0.3 is 5.97 Å². The van der Waals surface area contributed by atoms with Gasteiger partial charge in [-0.1, -0.05) is 6.58 Å². The Morgan fingerprint density at radius 2 is 1.82 bits per heavy atom. The number of ether oxygens (including phenoxy) is 3. The molecule has 5 nitrogen and oxygen atoms in total. The van der Waals surface area contributed by atoms with Crippen LogP contribution in [0.25, 0.3) is 0 Å². The minimum atomic E-state index is -0.331. The molecule has 1 rings (SSSR count). The van der Waals surface area contributed by atoms with Crippen molar-refractivity contribution < 1.29 is 19.0 Å². The maximum absolute atomic E-state index is 11.4. The molecular weight excluding hydrogens is 222 g/mol. The van der Waals surface area contributed by atoms with Crippen molar-refractivity contribution >= 4 is 5.97 Å².